The van der Waals surface area contributed by atoms with Gasteiger partial charge in [-0.2, -0.15) is 0 Å². The van der Waals surface area contributed by atoms with E-state index >= 15 is 0 Å². The van der Waals surface area contributed by atoms with Crippen molar-refractivity contribution < 1.29 is 0 Å². The number of anilines is 1. The number of para-hydroxylation sites is 1. The first-order valence-electron chi connectivity index (χ1n) is 10.7. The van der Waals surface area contributed by atoms with Crippen LogP contribution < -0.4 is 5.32 Å². The van der Waals surface area contributed by atoms with Gasteiger partial charge in [0, 0.05) is 42.0 Å². The second kappa shape index (κ2) is 8.19. The van der Waals surface area contributed by atoms with E-state index < -0.39 is 0 Å². The highest BCUT2D eigenvalue weighted by atomic mass is 15.0. The van der Waals surface area contributed by atoms with E-state index in [1.54, 1.807) is 6.20 Å². The van der Waals surface area contributed by atoms with Gasteiger partial charge in [0.1, 0.15) is 11.5 Å². The van der Waals surface area contributed by atoms with Gasteiger partial charge in [-0.15, -0.1) is 0 Å². The van der Waals surface area contributed by atoms with E-state index in [-0.39, 0.29) is 0 Å². The molecule has 0 saturated heterocycles. The molecule has 31 heavy (non-hydrogen) atoms. The van der Waals surface area contributed by atoms with E-state index in [1.807, 2.05) is 28.8 Å². The Morgan fingerprint density at radius 2 is 1.81 bits per heavy atom. The number of aromatic nitrogens is 4. The zero-order valence-corrected chi connectivity index (χ0v) is 17.8. The number of nitrogens with zero attached hydrogens (tertiary/aromatic N) is 4. The third-order valence-corrected chi connectivity index (χ3v) is 5.86. The zero-order valence-electron chi connectivity index (χ0n) is 17.8. The van der Waals surface area contributed by atoms with Gasteiger partial charge in [-0.1, -0.05) is 49.4 Å². The highest BCUT2D eigenvalue weighted by Crippen LogP contribution is 2.28. The average Bonchev–Trinajstić information content (AvgIpc) is 3.26. The lowest BCUT2D eigenvalue weighted by Gasteiger charge is -2.18. The molecule has 1 N–H and O–H groups in total. The van der Waals surface area contributed by atoms with E-state index in [1.165, 1.54) is 5.56 Å². The third-order valence-electron chi connectivity index (χ3n) is 5.86. The summed E-state index contributed by atoms with van der Waals surface area (Å²) in [6, 6.07) is 20.9. The van der Waals surface area contributed by atoms with Crippen LogP contribution in [0.25, 0.3) is 27.9 Å². The van der Waals surface area contributed by atoms with Crippen molar-refractivity contribution in [3.05, 3.63) is 90.4 Å². The molecule has 0 bridgehead atoms. The lowest BCUT2D eigenvalue weighted by molar-refractivity contribution is 0.694. The van der Waals surface area contributed by atoms with Crippen molar-refractivity contribution in [2.45, 2.75) is 26.2 Å². The summed E-state index contributed by atoms with van der Waals surface area (Å²) in [5.74, 6) is 2.02. The molecule has 0 saturated carbocycles. The van der Waals surface area contributed by atoms with Gasteiger partial charge in [-0.3, -0.25) is 0 Å². The molecule has 0 amide bonds. The fourth-order valence-electron chi connectivity index (χ4n) is 4.07. The molecule has 0 aliphatic rings. The summed E-state index contributed by atoms with van der Waals surface area (Å²) >= 11 is 0. The van der Waals surface area contributed by atoms with Crippen molar-refractivity contribution in [3.63, 3.8) is 0 Å². The van der Waals surface area contributed by atoms with Crippen molar-refractivity contribution in [1.82, 2.24) is 19.4 Å². The van der Waals surface area contributed by atoms with E-state index in [0.29, 0.717) is 5.92 Å². The number of nitrogens with one attached hydrogen (secondary N) is 1. The predicted octanol–water partition coefficient (Wildman–Crippen LogP) is 5.86. The van der Waals surface area contributed by atoms with Crippen LogP contribution >= 0.6 is 0 Å². The molecule has 5 heteroatoms. The van der Waals surface area contributed by atoms with Crippen molar-refractivity contribution >= 4 is 22.4 Å². The van der Waals surface area contributed by atoms with Crippen molar-refractivity contribution in [2.75, 3.05) is 11.9 Å². The number of aryl methyl sites for hydroxylation is 1. The number of imidazole rings is 1. The topological polar surface area (TPSA) is 55.1 Å². The molecule has 0 aliphatic heterocycles. The van der Waals surface area contributed by atoms with E-state index in [9.17, 15) is 0 Å². The van der Waals surface area contributed by atoms with Gasteiger partial charge in [0.25, 0.3) is 0 Å². The monoisotopic (exact) mass is 407 g/mol. The van der Waals surface area contributed by atoms with Crippen molar-refractivity contribution in [3.8, 4) is 11.4 Å². The molecule has 0 radical (unpaired) electrons. The molecule has 3 heterocycles. The maximum absolute atomic E-state index is 4.97. The highest BCUT2D eigenvalue weighted by molar-refractivity contribution is 5.90. The zero-order chi connectivity index (χ0) is 21.2. The molecule has 0 fully saturated rings. The second-order valence-electron chi connectivity index (χ2n) is 7.87. The molecule has 5 nitrogen and oxygen atoms in total. The fourth-order valence-corrected chi connectivity index (χ4v) is 4.07. The predicted molar refractivity (Wildman–Crippen MR) is 126 cm³/mol. The van der Waals surface area contributed by atoms with Crippen LogP contribution in [0.15, 0.2) is 79.3 Å². The van der Waals surface area contributed by atoms with Gasteiger partial charge >= 0.3 is 0 Å². The minimum atomic E-state index is 0.419. The molecule has 5 aromatic rings. The number of rotatable bonds is 6. The second-order valence-corrected chi connectivity index (χ2v) is 7.87. The third kappa shape index (κ3) is 3.75. The number of hydrogen-bond acceptors (Lipinski definition) is 4. The average molecular weight is 408 g/mol. The maximum Gasteiger partial charge on any atom is 0.163 e. The van der Waals surface area contributed by atoms with Gasteiger partial charge in [0.15, 0.2) is 5.82 Å². The summed E-state index contributed by atoms with van der Waals surface area (Å²) in [4.78, 5) is 14.2. The summed E-state index contributed by atoms with van der Waals surface area (Å²) in [7, 11) is 0. The standard InChI is InChI=1S/C26H25N5/c1-3-19(20-9-5-4-6-10-20)16-28-25-21-11-7-8-12-23(21)29-26(30-25)22-17-31-14-13-27-24(31)15-18(22)2/h4-15,17,19H,3,16H2,1-2H3,(H,28,29,30). The van der Waals surface area contributed by atoms with Crippen LogP contribution in [0.3, 0.4) is 0 Å². The smallest absolute Gasteiger partial charge is 0.163 e. The van der Waals surface area contributed by atoms with E-state index in [2.05, 4.69) is 72.8 Å². The Morgan fingerprint density at radius 3 is 2.65 bits per heavy atom. The molecular weight excluding hydrogens is 382 g/mol. The molecule has 154 valence electrons. The normalized spacial score (nSPS) is 12.3. The lowest BCUT2D eigenvalue weighted by atomic mass is 9.96. The number of benzene rings is 2. The van der Waals surface area contributed by atoms with Crippen LogP contribution in [-0.2, 0) is 0 Å². The van der Waals surface area contributed by atoms with E-state index in [4.69, 9.17) is 9.97 Å². The summed E-state index contributed by atoms with van der Waals surface area (Å²) in [6.45, 7) is 5.13. The van der Waals surface area contributed by atoms with Crippen LogP contribution in [0.4, 0.5) is 5.82 Å². The molecule has 2 aromatic carbocycles. The molecule has 1 unspecified atom stereocenters. The van der Waals surface area contributed by atoms with E-state index in [0.717, 1.165) is 52.3 Å². The van der Waals surface area contributed by atoms with Crippen LogP contribution in [0.2, 0.25) is 0 Å². The maximum atomic E-state index is 4.97. The summed E-state index contributed by atoms with van der Waals surface area (Å²) in [5, 5.41) is 4.67. The minimum absolute atomic E-state index is 0.419. The van der Waals surface area contributed by atoms with Crippen LogP contribution in [-0.4, -0.2) is 25.9 Å². The number of fused-ring (bicyclic) bond motifs is 2. The quantitative estimate of drug-likeness (QED) is 0.383. The van der Waals surface area contributed by atoms with Gasteiger partial charge in [0.05, 0.1) is 5.52 Å². The highest BCUT2D eigenvalue weighted by Gasteiger charge is 2.14. The minimum Gasteiger partial charge on any atom is -0.369 e. The largest absolute Gasteiger partial charge is 0.369 e. The Bertz CT molecular complexity index is 1340. The molecule has 5 rings (SSSR count). The molecule has 1 atom stereocenters. The molecule has 3 aromatic heterocycles. The summed E-state index contributed by atoms with van der Waals surface area (Å²) < 4.78 is 2.01. The van der Waals surface area contributed by atoms with Gasteiger partial charge in [-0.05, 0) is 42.7 Å². The Morgan fingerprint density at radius 1 is 1.00 bits per heavy atom. The molecular formula is C26H25N5. The Hall–Kier alpha value is -3.73. The van der Waals surface area contributed by atoms with Gasteiger partial charge in [0.2, 0.25) is 0 Å². The fraction of sp³-hybridized carbons (Fsp3) is 0.192. The van der Waals surface area contributed by atoms with Gasteiger partial charge < -0.3 is 9.72 Å². The van der Waals surface area contributed by atoms with Crippen LogP contribution in [0, 0.1) is 6.92 Å². The number of pyridine rings is 1. The van der Waals surface area contributed by atoms with Crippen LogP contribution in [0.5, 0.6) is 0 Å². The first-order chi connectivity index (χ1) is 15.2. The van der Waals surface area contributed by atoms with Gasteiger partial charge in [-0.25, -0.2) is 15.0 Å². The Labute approximate surface area is 181 Å². The van der Waals surface area contributed by atoms with Crippen LogP contribution in [0.1, 0.15) is 30.4 Å². The first-order valence-corrected chi connectivity index (χ1v) is 10.7. The van der Waals surface area contributed by atoms with Crippen molar-refractivity contribution in [2.24, 2.45) is 0 Å². The van der Waals surface area contributed by atoms with Crippen molar-refractivity contribution in [1.29, 1.82) is 0 Å². The Balaban J connectivity index is 1.55. The number of hydrogen-bond donors (Lipinski definition) is 1. The SMILES string of the molecule is CCC(CNc1nc(-c2cn3ccnc3cc2C)nc2ccccc12)c1ccccc1. The molecule has 0 spiro atoms. The molecule has 0 aliphatic carbocycles. The summed E-state index contributed by atoms with van der Waals surface area (Å²) in [5.41, 5.74) is 5.32. The Kier molecular flexibility index (Phi) is 5.08. The lowest BCUT2D eigenvalue weighted by Crippen LogP contribution is -2.14. The first kappa shape index (κ1) is 19.2. The summed E-state index contributed by atoms with van der Waals surface area (Å²) in [6.07, 6.45) is 6.87.